The summed E-state index contributed by atoms with van der Waals surface area (Å²) in [6, 6.07) is 47.0. The lowest BCUT2D eigenvalue weighted by Crippen LogP contribution is -2.01. The lowest BCUT2D eigenvalue weighted by Gasteiger charge is -2.10. The van der Waals surface area contributed by atoms with Gasteiger partial charge >= 0.3 is 0 Å². The number of nitrogens with zero attached hydrogens (tertiary/aromatic N) is 4. The zero-order valence-corrected chi connectivity index (χ0v) is 25.5. The predicted molar refractivity (Wildman–Crippen MR) is 191 cm³/mol. The molecule has 0 N–H and O–H groups in total. The maximum atomic E-state index is 6.55. The Hall–Kier alpha value is -6.66. The number of hydrogen-bond donors (Lipinski definition) is 0. The lowest BCUT2D eigenvalue weighted by molar-refractivity contribution is 0.669. The minimum atomic E-state index is 0.464. The summed E-state index contributed by atoms with van der Waals surface area (Å²) in [5.41, 5.74) is 7.58. The zero-order valence-electron chi connectivity index (χ0n) is 25.5. The van der Waals surface area contributed by atoms with Crippen LogP contribution in [-0.4, -0.2) is 19.9 Å². The molecule has 6 heteroatoms. The summed E-state index contributed by atoms with van der Waals surface area (Å²) in [4.78, 5) is 20.3. The molecule has 0 bridgehead atoms. The van der Waals surface area contributed by atoms with Gasteiger partial charge in [-0.1, -0.05) is 115 Å². The first-order chi connectivity index (χ1) is 23.8. The topological polar surface area (TPSA) is 77.8 Å². The molecule has 0 aliphatic heterocycles. The van der Waals surface area contributed by atoms with Gasteiger partial charge in [-0.3, -0.25) is 4.98 Å². The second kappa shape index (κ2) is 10.4. The SMILES string of the molecule is c1ccc(-c2cccc3c2oc2ccnc(-c4nc(-c5ccc6ccccc6c5)nc(-c5cccc6oc7ccccc7c56)n4)c23)cc1. The smallest absolute Gasteiger partial charge is 0.183 e. The van der Waals surface area contributed by atoms with Crippen LogP contribution in [0.15, 0.2) is 155 Å². The fourth-order valence-electron chi connectivity index (χ4n) is 6.78. The molecular weight excluding hydrogens is 592 g/mol. The molecule has 0 radical (unpaired) electrons. The molecule has 0 saturated carbocycles. The Labute approximate surface area is 274 Å². The van der Waals surface area contributed by atoms with Crippen LogP contribution in [0.3, 0.4) is 0 Å². The Balaban J connectivity index is 1.26. The standard InChI is InChI=1S/C42H24N4O2/c1-2-11-26(12-3-1)29-15-8-16-31-37-35(48-39(29)31)22-23-43-38(37)42-45-40(28-21-20-25-10-4-5-13-27(25)24-28)44-41(46-42)32-17-9-19-34-36(32)30-14-6-7-18-33(30)47-34/h1-24H. The van der Waals surface area contributed by atoms with Crippen LogP contribution >= 0.6 is 0 Å². The predicted octanol–water partition coefficient (Wildman–Crippen LogP) is 10.9. The van der Waals surface area contributed by atoms with Crippen molar-refractivity contribution in [2.75, 3.05) is 0 Å². The first-order valence-electron chi connectivity index (χ1n) is 15.8. The highest BCUT2D eigenvalue weighted by molar-refractivity contribution is 6.14. The summed E-state index contributed by atoms with van der Waals surface area (Å²) in [6.07, 6.45) is 1.76. The van der Waals surface area contributed by atoms with E-state index in [4.69, 9.17) is 28.8 Å². The first-order valence-corrected chi connectivity index (χ1v) is 15.8. The van der Waals surface area contributed by atoms with Gasteiger partial charge in [-0.05, 0) is 40.6 Å². The van der Waals surface area contributed by atoms with Crippen LogP contribution < -0.4 is 0 Å². The fourth-order valence-corrected chi connectivity index (χ4v) is 6.78. The molecule has 0 aliphatic carbocycles. The number of para-hydroxylation sites is 2. The van der Waals surface area contributed by atoms with Crippen molar-refractivity contribution in [3.8, 4) is 45.4 Å². The molecule has 0 atom stereocenters. The van der Waals surface area contributed by atoms with Gasteiger partial charge in [-0.2, -0.15) is 0 Å². The van der Waals surface area contributed by atoms with E-state index in [1.807, 2.05) is 72.8 Å². The van der Waals surface area contributed by atoms with E-state index in [2.05, 4.69) is 66.7 Å². The maximum absolute atomic E-state index is 6.55. The van der Waals surface area contributed by atoms with Gasteiger partial charge in [0.1, 0.15) is 28.0 Å². The van der Waals surface area contributed by atoms with E-state index in [0.717, 1.165) is 76.9 Å². The van der Waals surface area contributed by atoms with Crippen molar-refractivity contribution in [1.82, 2.24) is 19.9 Å². The van der Waals surface area contributed by atoms with E-state index in [9.17, 15) is 0 Å². The molecule has 4 heterocycles. The summed E-state index contributed by atoms with van der Waals surface area (Å²) in [5.74, 6) is 1.56. The monoisotopic (exact) mass is 616 g/mol. The Morgan fingerprint density at radius 3 is 2.06 bits per heavy atom. The van der Waals surface area contributed by atoms with Crippen LogP contribution in [0, 0.1) is 0 Å². The van der Waals surface area contributed by atoms with E-state index >= 15 is 0 Å². The molecule has 10 rings (SSSR count). The molecule has 0 saturated heterocycles. The van der Waals surface area contributed by atoms with Crippen molar-refractivity contribution in [2.45, 2.75) is 0 Å². The van der Waals surface area contributed by atoms with Gasteiger partial charge in [0.2, 0.25) is 0 Å². The third-order valence-electron chi connectivity index (χ3n) is 8.99. The van der Waals surface area contributed by atoms with Crippen LogP contribution in [0.25, 0.3) is 100 Å². The molecule has 224 valence electrons. The van der Waals surface area contributed by atoms with Crippen LogP contribution in [0.2, 0.25) is 0 Å². The second-order valence-electron chi connectivity index (χ2n) is 11.8. The lowest BCUT2D eigenvalue weighted by atomic mass is 10.0. The van der Waals surface area contributed by atoms with Crippen molar-refractivity contribution in [3.63, 3.8) is 0 Å². The molecule has 6 nitrogen and oxygen atoms in total. The zero-order chi connectivity index (χ0) is 31.6. The third-order valence-corrected chi connectivity index (χ3v) is 8.99. The van der Waals surface area contributed by atoms with Gasteiger partial charge in [-0.25, -0.2) is 15.0 Å². The summed E-state index contributed by atoms with van der Waals surface area (Å²) in [7, 11) is 0. The molecule has 0 amide bonds. The number of rotatable bonds is 4. The summed E-state index contributed by atoms with van der Waals surface area (Å²) < 4.78 is 12.8. The van der Waals surface area contributed by atoms with Gasteiger partial charge in [0.15, 0.2) is 17.5 Å². The molecule has 4 aromatic heterocycles. The number of furan rings is 2. The number of hydrogen-bond acceptors (Lipinski definition) is 6. The molecule has 0 spiro atoms. The largest absolute Gasteiger partial charge is 0.456 e. The molecular formula is C42H24N4O2. The molecule has 0 aliphatic rings. The quantitative estimate of drug-likeness (QED) is 0.196. The molecule has 0 fully saturated rings. The summed E-state index contributed by atoms with van der Waals surface area (Å²) in [5, 5.41) is 6.03. The average molecular weight is 617 g/mol. The van der Waals surface area contributed by atoms with Gasteiger partial charge in [0, 0.05) is 39.0 Å². The molecule has 48 heavy (non-hydrogen) atoms. The molecule has 6 aromatic carbocycles. The minimum Gasteiger partial charge on any atom is -0.456 e. The number of aromatic nitrogens is 4. The highest BCUT2D eigenvalue weighted by atomic mass is 16.3. The third kappa shape index (κ3) is 4.13. The van der Waals surface area contributed by atoms with Gasteiger partial charge in [-0.15, -0.1) is 0 Å². The van der Waals surface area contributed by atoms with Gasteiger partial charge < -0.3 is 8.83 Å². The number of pyridine rings is 1. The highest BCUT2D eigenvalue weighted by Gasteiger charge is 2.22. The van der Waals surface area contributed by atoms with E-state index in [-0.39, 0.29) is 0 Å². The van der Waals surface area contributed by atoms with Crippen molar-refractivity contribution < 1.29 is 8.83 Å². The Morgan fingerprint density at radius 1 is 0.417 bits per heavy atom. The molecule has 0 unspecified atom stereocenters. The van der Waals surface area contributed by atoms with Crippen LogP contribution in [0.4, 0.5) is 0 Å². The highest BCUT2D eigenvalue weighted by Crippen LogP contribution is 2.40. The van der Waals surface area contributed by atoms with Crippen LogP contribution in [0.5, 0.6) is 0 Å². The average Bonchev–Trinajstić information content (AvgIpc) is 3.73. The Bertz CT molecular complexity index is 2850. The molecule has 10 aromatic rings. The van der Waals surface area contributed by atoms with E-state index in [1.54, 1.807) is 6.20 Å². The number of fused-ring (bicyclic) bond motifs is 7. The maximum Gasteiger partial charge on any atom is 0.183 e. The van der Waals surface area contributed by atoms with Crippen molar-refractivity contribution >= 4 is 54.6 Å². The number of benzene rings is 6. The first kappa shape index (κ1) is 26.5. The summed E-state index contributed by atoms with van der Waals surface area (Å²) in [6.45, 7) is 0. The van der Waals surface area contributed by atoms with E-state index in [0.29, 0.717) is 23.2 Å². The van der Waals surface area contributed by atoms with E-state index in [1.165, 1.54) is 0 Å². The van der Waals surface area contributed by atoms with Gasteiger partial charge in [0.25, 0.3) is 0 Å². The van der Waals surface area contributed by atoms with Crippen LogP contribution in [0.1, 0.15) is 0 Å². The second-order valence-corrected chi connectivity index (χ2v) is 11.8. The Kier molecular flexibility index (Phi) is 5.77. The van der Waals surface area contributed by atoms with Gasteiger partial charge in [0.05, 0.1) is 5.39 Å². The Morgan fingerprint density at radius 2 is 1.12 bits per heavy atom. The van der Waals surface area contributed by atoms with E-state index < -0.39 is 0 Å². The fraction of sp³-hybridized carbons (Fsp3) is 0. The van der Waals surface area contributed by atoms with Crippen molar-refractivity contribution in [1.29, 1.82) is 0 Å². The van der Waals surface area contributed by atoms with Crippen molar-refractivity contribution in [2.24, 2.45) is 0 Å². The van der Waals surface area contributed by atoms with Crippen LogP contribution in [-0.2, 0) is 0 Å². The normalized spacial score (nSPS) is 11.8. The van der Waals surface area contributed by atoms with Crippen molar-refractivity contribution in [3.05, 3.63) is 146 Å². The summed E-state index contributed by atoms with van der Waals surface area (Å²) >= 11 is 0. The minimum absolute atomic E-state index is 0.464.